The molecule has 36 heteroatoms. The third kappa shape index (κ3) is 21.4. The van der Waals surface area contributed by atoms with Crippen molar-refractivity contribution in [3.8, 4) is 0 Å². The van der Waals surface area contributed by atoms with Crippen molar-refractivity contribution in [2.75, 3.05) is 144 Å². The van der Waals surface area contributed by atoms with Crippen molar-refractivity contribution in [2.45, 2.75) is 82.8 Å². The zero-order valence-corrected chi connectivity index (χ0v) is 58.9. The molecule has 0 aromatic heterocycles. The molecular formula is C63H81N3O28S5. The number of hydrogen-bond donors (Lipinski definition) is 4. The number of anilines is 1. The Morgan fingerprint density at radius 2 is 1.05 bits per heavy atom. The topological polar surface area (TPSA) is 428 Å². The average molecular weight is 1490 g/mol. The molecule has 1 fully saturated rings. The van der Waals surface area contributed by atoms with E-state index < -0.39 is 105 Å². The fourth-order valence-electron chi connectivity index (χ4n) is 11.8. The summed E-state index contributed by atoms with van der Waals surface area (Å²) in [5.41, 5.74) is 0.130. The van der Waals surface area contributed by atoms with Crippen molar-refractivity contribution in [1.82, 2.24) is 5.06 Å². The predicted octanol–water partition coefficient (Wildman–Crippen LogP) is 4.79. The number of nitrogens with zero attached hydrogens (tertiary/aromatic N) is 3. The lowest BCUT2D eigenvalue weighted by Gasteiger charge is -2.31. The molecule has 0 radical (unpaired) electrons. The molecule has 1 saturated heterocycles. The van der Waals surface area contributed by atoms with Gasteiger partial charge in [0.25, 0.3) is 52.3 Å². The first-order valence-electron chi connectivity index (χ1n) is 31.1. The van der Waals surface area contributed by atoms with Crippen molar-refractivity contribution >= 4 is 107 Å². The Morgan fingerprint density at radius 3 is 1.60 bits per heavy atom. The number of hydroxylamine groups is 2. The molecule has 31 nitrogen and oxygen atoms in total. The summed E-state index contributed by atoms with van der Waals surface area (Å²) < 4.78 is 232. The van der Waals surface area contributed by atoms with Gasteiger partial charge in [-0.05, 0) is 97.3 Å². The van der Waals surface area contributed by atoms with Gasteiger partial charge in [-0.3, -0.25) is 27.8 Å². The predicted molar refractivity (Wildman–Crippen MR) is 354 cm³/mol. The first-order valence-corrected chi connectivity index (χ1v) is 38.4. The molecule has 0 bridgehead atoms. The van der Waals surface area contributed by atoms with Crippen molar-refractivity contribution in [3.05, 3.63) is 108 Å². The molecule has 0 spiro atoms. The molecule has 99 heavy (non-hydrogen) atoms. The van der Waals surface area contributed by atoms with E-state index in [1.54, 1.807) is 68.7 Å². The summed E-state index contributed by atoms with van der Waals surface area (Å²) in [7, 11) is -22.2. The normalized spacial score (nSPS) is 18.3. The van der Waals surface area contributed by atoms with E-state index in [9.17, 15) is 79.2 Å². The fourth-order valence-corrected chi connectivity index (χ4v) is 15.0. The summed E-state index contributed by atoms with van der Waals surface area (Å²) in [6.07, 6.45) is 11.5. The Morgan fingerprint density at radius 1 is 0.556 bits per heavy atom. The molecule has 7 rings (SSSR count). The number of fused-ring (bicyclic) bond motifs is 6. The molecule has 4 aromatic carbocycles. The van der Waals surface area contributed by atoms with E-state index >= 15 is 0 Å². The first-order chi connectivity index (χ1) is 46.8. The molecule has 4 N–H and O–H groups in total. The Bertz CT molecular complexity index is 4330. The van der Waals surface area contributed by atoms with Crippen molar-refractivity contribution < 1.29 is 131 Å². The van der Waals surface area contributed by atoms with Gasteiger partial charge in [0.2, 0.25) is 5.69 Å². The number of allylic oxidation sites excluding steroid dienone is 8. The fraction of sp³-hybridized carbons (Fsp3) is 0.492. The number of hydrogen-bond acceptors (Lipinski definition) is 25. The highest BCUT2D eigenvalue weighted by molar-refractivity contribution is 7.87. The average Bonchev–Trinajstić information content (AvgIpc) is 1.60. The van der Waals surface area contributed by atoms with Crippen LogP contribution < -0.4 is 4.90 Å². The van der Waals surface area contributed by atoms with Crippen molar-refractivity contribution in [3.63, 3.8) is 0 Å². The SMILES string of the molecule is COCCOCCOCCOCCC1(C)\C(=C/C=C/C=C/C=C/C2=[N+](CCOC)c3ccc4c(S(=O)(=O)O)cc(S(=O)(=O)O)cc4c3C2(C)CCCS(=O)(=O)O)N(CCOCCOCCOCCOCCC(=O)ON2C(=O)CCC2=O)c2ccc3c(S(=O)(=O)[O-])cc(S(=O)(=O)O)cc3c21. The number of benzene rings is 4. The van der Waals surface area contributed by atoms with Crippen LogP contribution in [0.2, 0.25) is 0 Å². The van der Waals surface area contributed by atoms with Gasteiger partial charge in [-0.1, -0.05) is 36.4 Å². The third-order valence-corrected chi connectivity index (χ3v) is 20.6. The number of imide groups is 1. The molecule has 546 valence electrons. The lowest BCUT2D eigenvalue weighted by molar-refractivity contribution is -0.441. The van der Waals surface area contributed by atoms with Gasteiger partial charge < -0.3 is 56.9 Å². The third-order valence-electron chi connectivity index (χ3n) is 16.3. The van der Waals surface area contributed by atoms with Gasteiger partial charge in [-0.15, -0.1) is 5.06 Å². The molecule has 3 aliphatic heterocycles. The number of methoxy groups -OCH3 is 2. The van der Waals surface area contributed by atoms with Gasteiger partial charge in [0.15, 0.2) is 12.3 Å². The molecule has 3 heterocycles. The van der Waals surface area contributed by atoms with E-state index in [1.165, 1.54) is 19.2 Å². The quantitative estimate of drug-likeness (QED) is 0.0152. The lowest BCUT2D eigenvalue weighted by Crippen LogP contribution is -2.32. The molecule has 0 saturated carbocycles. The van der Waals surface area contributed by atoms with Crippen LogP contribution in [0.1, 0.15) is 63.5 Å². The van der Waals surface area contributed by atoms with E-state index in [0.717, 1.165) is 12.1 Å². The van der Waals surface area contributed by atoms with E-state index in [2.05, 4.69) is 0 Å². The summed E-state index contributed by atoms with van der Waals surface area (Å²) in [4.78, 5) is 38.7. The monoisotopic (exact) mass is 1490 g/mol. The Hall–Kier alpha value is -6.37. The van der Waals surface area contributed by atoms with Gasteiger partial charge in [-0.25, -0.2) is 13.2 Å². The Kier molecular flexibility index (Phi) is 28.7. The van der Waals surface area contributed by atoms with E-state index in [0.29, 0.717) is 70.9 Å². The lowest BCUT2D eigenvalue weighted by atomic mass is 9.74. The molecule has 0 aliphatic carbocycles. The first kappa shape index (κ1) is 79.9. The highest BCUT2D eigenvalue weighted by Gasteiger charge is 2.50. The second kappa shape index (κ2) is 35.5. The highest BCUT2D eigenvalue weighted by Crippen LogP contribution is 2.54. The minimum absolute atomic E-state index is 0.00681. The van der Waals surface area contributed by atoms with Gasteiger partial charge >= 0.3 is 5.97 Å². The van der Waals surface area contributed by atoms with Crippen molar-refractivity contribution in [2.24, 2.45) is 0 Å². The maximum Gasteiger partial charge on any atom is 0.335 e. The summed E-state index contributed by atoms with van der Waals surface area (Å²) >= 11 is 0. The summed E-state index contributed by atoms with van der Waals surface area (Å²) in [5.74, 6) is -2.66. The van der Waals surface area contributed by atoms with E-state index in [4.69, 9.17) is 47.5 Å². The standard InChI is InChI=1S/C63H81N3O28S5/c1-62(20-10-40-95(70,71)72)55(64(22-26-85-3)51-15-13-47-49(60(51)62)41-45(96(73,74)75)43-53(47)98(79,80)81)11-8-6-5-7-9-12-56-63(2,21-25-88-31-34-92-37-36-90-29-28-86-4)61-50-42-46(97(76,77)78)44-54(99(82,83)84)48(50)14-16-52(61)65(56)23-27-89-32-35-93-39-38-91-33-30-87-24-19-59(69)94-66-57(67)17-18-58(66)68/h5-9,11-16,41-44H,10,17-40H2,1-4H3,(H4-,70,71,72,73,74,75,76,77,78,79,80,81,82,83,84). The van der Waals surface area contributed by atoms with Crippen LogP contribution in [0.5, 0.6) is 0 Å². The molecule has 2 unspecified atom stereocenters. The van der Waals surface area contributed by atoms with E-state index in [1.807, 2.05) is 16.4 Å². The molecule has 2 atom stereocenters. The van der Waals surface area contributed by atoms with Crippen LogP contribution in [-0.4, -0.2) is 237 Å². The second-order valence-electron chi connectivity index (χ2n) is 23.1. The van der Waals surface area contributed by atoms with Crippen LogP contribution in [0.4, 0.5) is 11.4 Å². The Balaban J connectivity index is 1.17. The highest BCUT2D eigenvalue weighted by atomic mass is 32.2. The van der Waals surface area contributed by atoms with Crippen LogP contribution in [0.3, 0.4) is 0 Å². The number of rotatable bonds is 43. The van der Waals surface area contributed by atoms with Crippen LogP contribution in [0.25, 0.3) is 21.5 Å². The number of amides is 2. The summed E-state index contributed by atoms with van der Waals surface area (Å²) in [6, 6.07) is 9.27. The van der Waals surface area contributed by atoms with Crippen LogP contribution in [-0.2, 0) is 123 Å². The van der Waals surface area contributed by atoms with Crippen LogP contribution in [0, 0.1) is 0 Å². The maximum atomic E-state index is 12.9. The maximum absolute atomic E-state index is 12.9. The van der Waals surface area contributed by atoms with Gasteiger partial charge in [0.05, 0.1) is 125 Å². The summed E-state index contributed by atoms with van der Waals surface area (Å²) in [6.45, 7) is 6.58. The van der Waals surface area contributed by atoms with Crippen LogP contribution in [0.15, 0.2) is 116 Å². The molecule has 4 aromatic rings. The van der Waals surface area contributed by atoms with Crippen LogP contribution >= 0.6 is 0 Å². The Labute approximate surface area is 574 Å². The van der Waals surface area contributed by atoms with Gasteiger partial charge in [-0.2, -0.15) is 38.2 Å². The zero-order valence-electron chi connectivity index (χ0n) is 54.8. The van der Waals surface area contributed by atoms with Crippen molar-refractivity contribution in [1.29, 1.82) is 0 Å². The second-order valence-corrected chi connectivity index (χ2v) is 30.2. The smallest absolute Gasteiger partial charge is 0.335 e. The number of carbonyl (C=O) groups excluding carboxylic acids is 3. The summed E-state index contributed by atoms with van der Waals surface area (Å²) in [5, 5.41) is 0.251. The van der Waals surface area contributed by atoms with Gasteiger partial charge in [0.1, 0.15) is 21.6 Å². The molecular weight excluding hydrogens is 1410 g/mol. The minimum Gasteiger partial charge on any atom is -0.744 e. The molecule has 3 aliphatic rings. The number of carbonyl (C=O) groups is 3. The zero-order chi connectivity index (χ0) is 72.4. The molecule has 2 amide bonds. The van der Waals surface area contributed by atoms with Gasteiger partial charge in [0, 0.05) is 80.1 Å². The minimum atomic E-state index is -5.37. The number of ether oxygens (including phenoxy) is 9. The van der Waals surface area contributed by atoms with E-state index in [-0.39, 0.29) is 159 Å². The largest absolute Gasteiger partial charge is 0.744 e.